The molecule has 0 fully saturated rings. The van der Waals surface area contributed by atoms with E-state index in [9.17, 15) is 9.90 Å². The van der Waals surface area contributed by atoms with Crippen molar-refractivity contribution < 1.29 is 19.1 Å². The largest absolute Gasteiger partial charge is 0.512 e. The Bertz CT molecular complexity index is 682. The number of esters is 1. The van der Waals surface area contributed by atoms with Gasteiger partial charge in [0.05, 0.1) is 6.61 Å². The Labute approximate surface area is 129 Å². The van der Waals surface area contributed by atoms with Gasteiger partial charge in [-0.15, -0.1) is 0 Å². The van der Waals surface area contributed by atoms with Gasteiger partial charge >= 0.3 is 5.97 Å². The van der Waals surface area contributed by atoms with E-state index in [4.69, 9.17) is 9.15 Å². The lowest BCUT2D eigenvalue weighted by atomic mass is 10.1. The van der Waals surface area contributed by atoms with Crippen molar-refractivity contribution in [2.45, 2.75) is 27.2 Å². The Kier molecular flexibility index (Phi) is 4.99. The van der Waals surface area contributed by atoms with Gasteiger partial charge in [-0.05, 0) is 13.8 Å². The zero-order chi connectivity index (χ0) is 16.1. The molecular formula is C17H19NO4. The molecule has 0 saturated heterocycles. The molecule has 0 spiro atoms. The average molecular weight is 301 g/mol. The molecule has 2 aromatic rings. The highest BCUT2D eigenvalue weighted by Gasteiger charge is 2.26. The Morgan fingerprint density at radius 1 is 1.27 bits per heavy atom. The fourth-order valence-corrected chi connectivity index (χ4v) is 2.08. The fourth-order valence-electron chi connectivity index (χ4n) is 2.08. The van der Waals surface area contributed by atoms with E-state index in [2.05, 4.69) is 4.98 Å². The molecule has 0 aliphatic heterocycles. The van der Waals surface area contributed by atoms with E-state index in [1.165, 1.54) is 6.92 Å². The minimum Gasteiger partial charge on any atom is -0.512 e. The first-order valence-corrected chi connectivity index (χ1v) is 7.20. The van der Waals surface area contributed by atoms with E-state index in [0.29, 0.717) is 18.0 Å². The van der Waals surface area contributed by atoms with Crippen LogP contribution in [0.3, 0.4) is 0 Å². The molecule has 0 amide bonds. The van der Waals surface area contributed by atoms with Crippen LogP contribution in [0.15, 0.2) is 40.5 Å². The molecule has 0 radical (unpaired) electrons. The number of ether oxygens (including phenoxy) is 1. The summed E-state index contributed by atoms with van der Waals surface area (Å²) in [6.45, 7) is 5.25. The van der Waals surface area contributed by atoms with Gasteiger partial charge in [0.25, 0.3) is 0 Å². The SMILES string of the molecule is CCOC(=O)/C(=C(/C)O)c1oc(CC)nc1-c1ccccc1. The Hall–Kier alpha value is -2.56. The van der Waals surface area contributed by atoms with Crippen molar-refractivity contribution in [1.29, 1.82) is 0 Å². The summed E-state index contributed by atoms with van der Waals surface area (Å²) < 4.78 is 10.7. The van der Waals surface area contributed by atoms with Gasteiger partial charge in [0.2, 0.25) is 0 Å². The molecule has 0 bridgehead atoms. The number of hydrogen-bond donors (Lipinski definition) is 1. The van der Waals surface area contributed by atoms with E-state index >= 15 is 0 Å². The molecule has 0 saturated carbocycles. The van der Waals surface area contributed by atoms with Crippen molar-refractivity contribution in [1.82, 2.24) is 4.98 Å². The molecule has 22 heavy (non-hydrogen) atoms. The number of aromatic nitrogens is 1. The normalized spacial score (nSPS) is 12.0. The molecule has 1 N–H and O–H groups in total. The number of hydrogen-bond acceptors (Lipinski definition) is 5. The topological polar surface area (TPSA) is 72.6 Å². The first kappa shape index (κ1) is 15.8. The lowest BCUT2D eigenvalue weighted by Crippen LogP contribution is -2.09. The summed E-state index contributed by atoms with van der Waals surface area (Å²) in [5.74, 6) is -0.0497. The summed E-state index contributed by atoms with van der Waals surface area (Å²) in [6.07, 6.45) is 0.584. The van der Waals surface area contributed by atoms with Crippen LogP contribution in [0.1, 0.15) is 32.4 Å². The van der Waals surface area contributed by atoms with Crippen molar-refractivity contribution in [3.05, 3.63) is 47.7 Å². The van der Waals surface area contributed by atoms with Gasteiger partial charge in [-0.2, -0.15) is 0 Å². The highest BCUT2D eigenvalue weighted by Crippen LogP contribution is 2.31. The second kappa shape index (κ2) is 6.93. The second-order valence-corrected chi connectivity index (χ2v) is 4.69. The molecule has 1 heterocycles. The average Bonchev–Trinajstić information content (AvgIpc) is 2.92. The van der Waals surface area contributed by atoms with E-state index < -0.39 is 5.97 Å². The van der Waals surface area contributed by atoms with Crippen LogP contribution < -0.4 is 0 Å². The fraction of sp³-hybridized carbons (Fsp3) is 0.294. The summed E-state index contributed by atoms with van der Waals surface area (Å²) >= 11 is 0. The number of allylic oxidation sites excluding steroid dienone is 1. The van der Waals surface area contributed by atoms with Crippen LogP contribution in [0.4, 0.5) is 0 Å². The van der Waals surface area contributed by atoms with Crippen molar-refractivity contribution in [2.75, 3.05) is 6.61 Å². The third-order valence-electron chi connectivity index (χ3n) is 3.09. The predicted octanol–water partition coefficient (Wildman–Crippen LogP) is 3.76. The minimum absolute atomic E-state index is 0.00732. The zero-order valence-corrected chi connectivity index (χ0v) is 12.9. The highest BCUT2D eigenvalue weighted by molar-refractivity contribution is 6.17. The molecule has 1 aromatic heterocycles. The van der Waals surface area contributed by atoms with Crippen molar-refractivity contribution >= 4 is 11.5 Å². The maximum absolute atomic E-state index is 12.1. The molecule has 0 atom stereocenters. The quantitative estimate of drug-likeness (QED) is 0.517. The number of oxazole rings is 1. The smallest absolute Gasteiger partial charge is 0.345 e. The predicted molar refractivity (Wildman–Crippen MR) is 83.2 cm³/mol. The molecule has 5 heteroatoms. The molecule has 5 nitrogen and oxygen atoms in total. The zero-order valence-electron chi connectivity index (χ0n) is 12.9. The molecular weight excluding hydrogens is 282 g/mol. The van der Waals surface area contributed by atoms with Crippen LogP contribution in [-0.2, 0) is 16.0 Å². The number of rotatable bonds is 5. The third kappa shape index (κ3) is 3.19. The lowest BCUT2D eigenvalue weighted by molar-refractivity contribution is -0.136. The number of benzene rings is 1. The van der Waals surface area contributed by atoms with Gasteiger partial charge in [-0.1, -0.05) is 37.3 Å². The van der Waals surface area contributed by atoms with Crippen LogP contribution in [-0.4, -0.2) is 22.7 Å². The highest BCUT2D eigenvalue weighted by atomic mass is 16.5. The van der Waals surface area contributed by atoms with Crippen molar-refractivity contribution in [2.24, 2.45) is 0 Å². The monoisotopic (exact) mass is 301 g/mol. The number of aliphatic hydroxyl groups excluding tert-OH is 1. The number of nitrogens with zero attached hydrogens (tertiary/aromatic N) is 1. The second-order valence-electron chi connectivity index (χ2n) is 4.69. The Morgan fingerprint density at radius 2 is 1.95 bits per heavy atom. The summed E-state index contributed by atoms with van der Waals surface area (Å²) in [6, 6.07) is 9.38. The molecule has 1 aromatic carbocycles. The molecule has 0 unspecified atom stereocenters. The minimum atomic E-state index is -0.626. The van der Waals surface area contributed by atoms with E-state index in [1.54, 1.807) is 6.92 Å². The number of aryl methyl sites for hydroxylation is 1. The van der Waals surface area contributed by atoms with E-state index in [0.717, 1.165) is 5.56 Å². The van der Waals surface area contributed by atoms with E-state index in [-0.39, 0.29) is 23.7 Å². The van der Waals surface area contributed by atoms with Gasteiger partial charge < -0.3 is 14.3 Å². The first-order chi connectivity index (χ1) is 10.6. The van der Waals surface area contributed by atoms with Crippen LogP contribution >= 0.6 is 0 Å². The first-order valence-electron chi connectivity index (χ1n) is 7.20. The molecule has 2 rings (SSSR count). The lowest BCUT2D eigenvalue weighted by Gasteiger charge is -2.07. The van der Waals surface area contributed by atoms with Gasteiger partial charge in [0.1, 0.15) is 17.0 Å². The number of aliphatic hydroxyl groups is 1. The maximum atomic E-state index is 12.1. The standard InChI is InChI=1S/C17H19NO4/c1-4-13-18-15(12-9-7-6-8-10-12)16(22-13)14(11(3)19)17(20)21-5-2/h6-10,19H,4-5H2,1-3H3/b14-11-. The van der Waals surface area contributed by atoms with Crippen LogP contribution in [0, 0.1) is 0 Å². The summed E-state index contributed by atoms with van der Waals surface area (Å²) in [4.78, 5) is 16.6. The van der Waals surface area contributed by atoms with E-state index in [1.807, 2.05) is 37.3 Å². The van der Waals surface area contributed by atoms with Gasteiger partial charge in [0.15, 0.2) is 11.7 Å². The molecule has 0 aliphatic carbocycles. The summed E-state index contributed by atoms with van der Waals surface area (Å²) in [5, 5.41) is 9.91. The van der Waals surface area contributed by atoms with Gasteiger partial charge in [0, 0.05) is 12.0 Å². The maximum Gasteiger partial charge on any atom is 0.345 e. The third-order valence-corrected chi connectivity index (χ3v) is 3.09. The Morgan fingerprint density at radius 3 is 2.50 bits per heavy atom. The Balaban J connectivity index is 2.61. The van der Waals surface area contributed by atoms with Gasteiger partial charge in [-0.25, -0.2) is 9.78 Å². The van der Waals surface area contributed by atoms with Crippen LogP contribution in [0.2, 0.25) is 0 Å². The summed E-state index contributed by atoms with van der Waals surface area (Å²) in [5.41, 5.74) is 1.34. The van der Waals surface area contributed by atoms with Crippen LogP contribution in [0.5, 0.6) is 0 Å². The molecule has 116 valence electrons. The van der Waals surface area contributed by atoms with Crippen molar-refractivity contribution in [3.63, 3.8) is 0 Å². The van der Waals surface area contributed by atoms with Crippen LogP contribution in [0.25, 0.3) is 16.8 Å². The summed E-state index contributed by atoms with van der Waals surface area (Å²) in [7, 11) is 0. The van der Waals surface area contributed by atoms with Crippen molar-refractivity contribution in [3.8, 4) is 11.3 Å². The molecule has 0 aliphatic rings. The number of carbonyl (C=O) groups is 1. The number of carbonyl (C=O) groups excluding carboxylic acids is 1. The van der Waals surface area contributed by atoms with Gasteiger partial charge in [-0.3, -0.25) is 0 Å².